The monoisotopic (exact) mass is 347 g/mol. The summed E-state index contributed by atoms with van der Waals surface area (Å²) in [6, 6.07) is 7.89. The maximum Gasteiger partial charge on any atom is 0.238 e. The molecule has 0 atom stereocenters. The van der Waals surface area contributed by atoms with Gasteiger partial charge in [-0.1, -0.05) is 35.0 Å². The van der Waals surface area contributed by atoms with Crippen LogP contribution in [0.3, 0.4) is 0 Å². The molecule has 7 heteroatoms. The zero-order valence-corrected chi connectivity index (χ0v) is 13.3. The topological polar surface area (TPSA) is 69.6 Å². The predicted molar refractivity (Wildman–Crippen MR) is 80.7 cm³/mol. The van der Waals surface area contributed by atoms with Crippen molar-refractivity contribution >= 4 is 15.9 Å². The standard InChI is InChI=1S/C14H14BrN5O/c1-3-12-17-18-13(21-12)8-20-9(2)16-14(19-20)10-4-6-11(15)7-5-10/h4-7H,3,8H2,1-2H3. The quantitative estimate of drug-likeness (QED) is 0.725. The van der Waals surface area contributed by atoms with Crippen LogP contribution in [0.5, 0.6) is 0 Å². The van der Waals surface area contributed by atoms with Gasteiger partial charge in [0.25, 0.3) is 0 Å². The van der Waals surface area contributed by atoms with Crippen molar-refractivity contribution in [1.82, 2.24) is 25.0 Å². The molecule has 0 saturated carbocycles. The van der Waals surface area contributed by atoms with Crippen LogP contribution in [-0.2, 0) is 13.0 Å². The lowest BCUT2D eigenvalue weighted by Gasteiger charge is -1.97. The highest BCUT2D eigenvalue weighted by molar-refractivity contribution is 9.10. The van der Waals surface area contributed by atoms with E-state index in [0.717, 1.165) is 22.3 Å². The van der Waals surface area contributed by atoms with Gasteiger partial charge in [-0.25, -0.2) is 9.67 Å². The first kappa shape index (κ1) is 13.9. The van der Waals surface area contributed by atoms with Gasteiger partial charge in [0.1, 0.15) is 12.4 Å². The fourth-order valence-electron chi connectivity index (χ4n) is 1.91. The Hall–Kier alpha value is -2.02. The second-order valence-electron chi connectivity index (χ2n) is 4.59. The van der Waals surface area contributed by atoms with Gasteiger partial charge in [0.2, 0.25) is 11.8 Å². The van der Waals surface area contributed by atoms with Crippen molar-refractivity contribution in [2.24, 2.45) is 0 Å². The van der Waals surface area contributed by atoms with E-state index in [4.69, 9.17) is 4.42 Å². The highest BCUT2D eigenvalue weighted by Gasteiger charge is 2.12. The summed E-state index contributed by atoms with van der Waals surface area (Å²) in [6.45, 7) is 4.32. The van der Waals surface area contributed by atoms with E-state index in [0.29, 0.717) is 24.2 Å². The molecule has 0 unspecified atom stereocenters. The van der Waals surface area contributed by atoms with Crippen LogP contribution in [0.15, 0.2) is 33.2 Å². The van der Waals surface area contributed by atoms with Crippen molar-refractivity contribution in [2.45, 2.75) is 26.8 Å². The van der Waals surface area contributed by atoms with Gasteiger partial charge in [0.15, 0.2) is 5.82 Å². The lowest BCUT2D eigenvalue weighted by atomic mass is 10.2. The highest BCUT2D eigenvalue weighted by atomic mass is 79.9. The average Bonchev–Trinajstić information content (AvgIpc) is 3.08. The van der Waals surface area contributed by atoms with Gasteiger partial charge in [-0.2, -0.15) is 5.10 Å². The fraction of sp³-hybridized carbons (Fsp3) is 0.286. The second kappa shape index (κ2) is 5.77. The molecule has 2 aromatic heterocycles. The molecule has 0 bridgehead atoms. The van der Waals surface area contributed by atoms with E-state index in [9.17, 15) is 0 Å². The zero-order chi connectivity index (χ0) is 14.8. The first-order valence-electron chi connectivity index (χ1n) is 6.64. The lowest BCUT2D eigenvalue weighted by Crippen LogP contribution is -2.04. The first-order chi connectivity index (χ1) is 10.2. The minimum absolute atomic E-state index is 0.433. The van der Waals surface area contributed by atoms with Crippen LogP contribution in [0.4, 0.5) is 0 Å². The zero-order valence-electron chi connectivity index (χ0n) is 11.7. The molecule has 0 amide bonds. The lowest BCUT2D eigenvalue weighted by molar-refractivity contribution is 0.431. The molecule has 3 rings (SSSR count). The largest absolute Gasteiger partial charge is 0.423 e. The van der Waals surface area contributed by atoms with E-state index in [1.54, 1.807) is 4.68 Å². The smallest absolute Gasteiger partial charge is 0.238 e. The van der Waals surface area contributed by atoms with Gasteiger partial charge in [0.05, 0.1) is 0 Å². The van der Waals surface area contributed by atoms with Crippen LogP contribution in [0.2, 0.25) is 0 Å². The Labute approximate surface area is 130 Å². The van der Waals surface area contributed by atoms with Gasteiger partial charge in [-0.05, 0) is 19.1 Å². The number of aromatic nitrogens is 5. The van der Waals surface area contributed by atoms with E-state index in [-0.39, 0.29) is 0 Å². The molecule has 2 heterocycles. The summed E-state index contributed by atoms with van der Waals surface area (Å²) in [5.74, 6) is 2.68. The molecule has 0 saturated heterocycles. The number of rotatable bonds is 4. The van der Waals surface area contributed by atoms with Crippen LogP contribution < -0.4 is 0 Å². The molecular weight excluding hydrogens is 334 g/mol. The maximum atomic E-state index is 5.51. The van der Waals surface area contributed by atoms with Crippen molar-refractivity contribution < 1.29 is 4.42 Å². The summed E-state index contributed by atoms with van der Waals surface area (Å²) >= 11 is 3.42. The Balaban J connectivity index is 1.85. The molecule has 0 aliphatic heterocycles. The Morgan fingerprint density at radius 1 is 1.14 bits per heavy atom. The number of hydrogen-bond donors (Lipinski definition) is 0. The molecule has 0 fully saturated rings. The SMILES string of the molecule is CCc1nnc(Cn2nc(-c3ccc(Br)cc3)nc2C)o1. The van der Waals surface area contributed by atoms with Crippen molar-refractivity contribution in [2.75, 3.05) is 0 Å². The molecule has 0 spiro atoms. The number of hydrogen-bond acceptors (Lipinski definition) is 5. The van der Waals surface area contributed by atoms with Gasteiger partial charge in [-0.15, -0.1) is 10.2 Å². The number of benzene rings is 1. The normalized spacial score (nSPS) is 11.0. The van der Waals surface area contributed by atoms with Crippen LogP contribution in [0, 0.1) is 6.92 Å². The molecule has 1 aromatic carbocycles. The van der Waals surface area contributed by atoms with E-state index < -0.39 is 0 Å². The third-order valence-corrected chi connectivity index (χ3v) is 3.58. The fourth-order valence-corrected chi connectivity index (χ4v) is 2.18. The van der Waals surface area contributed by atoms with E-state index in [2.05, 4.69) is 36.2 Å². The molecule has 6 nitrogen and oxygen atoms in total. The molecular formula is C14H14BrN5O. The Bertz CT molecular complexity index is 747. The van der Waals surface area contributed by atoms with Crippen molar-refractivity contribution in [1.29, 1.82) is 0 Å². The van der Waals surface area contributed by atoms with E-state index >= 15 is 0 Å². The average molecular weight is 348 g/mol. The summed E-state index contributed by atoms with van der Waals surface area (Å²) in [4.78, 5) is 4.48. The molecule has 3 aromatic rings. The summed E-state index contributed by atoms with van der Waals surface area (Å²) in [7, 11) is 0. The number of aryl methyl sites for hydroxylation is 2. The third kappa shape index (κ3) is 3.02. The molecule has 108 valence electrons. The number of halogens is 1. The van der Waals surface area contributed by atoms with Crippen LogP contribution in [0.1, 0.15) is 24.5 Å². The predicted octanol–water partition coefficient (Wildman–Crippen LogP) is 3.01. The molecule has 0 N–H and O–H groups in total. The van der Waals surface area contributed by atoms with E-state index in [1.165, 1.54) is 0 Å². The first-order valence-corrected chi connectivity index (χ1v) is 7.43. The Kier molecular flexibility index (Phi) is 3.83. The van der Waals surface area contributed by atoms with Gasteiger partial charge in [0, 0.05) is 16.5 Å². The molecule has 0 aliphatic rings. The number of nitrogens with zero attached hydrogens (tertiary/aromatic N) is 5. The van der Waals surface area contributed by atoms with Crippen LogP contribution in [-0.4, -0.2) is 25.0 Å². The molecule has 21 heavy (non-hydrogen) atoms. The summed E-state index contributed by atoms with van der Waals surface area (Å²) < 4.78 is 8.30. The summed E-state index contributed by atoms with van der Waals surface area (Å²) in [5.41, 5.74) is 0.972. The maximum absolute atomic E-state index is 5.51. The minimum atomic E-state index is 0.433. The van der Waals surface area contributed by atoms with Crippen molar-refractivity contribution in [3.8, 4) is 11.4 Å². The second-order valence-corrected chi connectivity index (χ2v) is 5.51. The minimum Gasteiger partial charge on any atom is -0.423 e. The highest BCUT2D eigenvalue weighted by Crippen LogP contribution is 2.19. The van der Waals surface area contributed by atoms with Crippen molar-refractivity contribution in [3.63, 3.8) is 0 Å². The summed E-state index contributed by atoms with van der Waals surface area (Å²) in [6.07, 6.45) is 0.730. The van der Waals surface area contributed by atoms with Gasteiger partial charge >= 0.3 is 0 Å². The molecule has 0 aliphatic carbocycles. The Morgan fingerprint density at radius 2 is 1.86 bits per heavy atom. The van der Waals surface area contributed by atoms with Crippen molar-refractivity contribution in [3.05, 3.63) is 46.3 Å². The molecule has 0 radical (unpaired) electrons. The summed E-state index contributed by atoms with van der Waals surface area (Å²) in [5, 5.41) is 12.5. The Morgan fingerprint density at radius 3 is 2.52 bits per heavy atom. The van der Waals surface area contributed by atoms with Crippen LogP contribution >= 0.6 is 15.9 Å². The van der Waals surface area contributed by atoms with Gasteiger partial charge in [-0.3, -0.25) is 0 Å². The van der Waals surface area contributed by atoms with Gasteiger partial charge < -0.3 is 4.42 Å². The van der Waals surface area contributed by atoms with E-state index in [1.807, 2.05) is 38.1 Å². The van der Waals surface area contributed by atoms with Crippen LogP contribution in [0.25, 0.3) is 11.4 Å². The third-order valence-electron chi connectivity index (χ3n) is 3.06.